The summed E-state index contributed by atoms with van der Waals surface area (Å²) >= 11 is 0. The standard InChI is InChI=1S/C3H6N6.C2H8N2.2H3O4P/c4-1-7-2(5)9-3(6)8-1;3-1-2-4;2*1-5(2,3)4/h(H6,4,5,6,7,8,9);1-4H2;2*(H3,1,2,3,4). The van der Waals surface area contributed by atoms with Gasteiger partial charge in [-0.15, -0.1) is 0 Å². The molecule has 0 unspecified atom stereocenters. The van der Waals surface area contributed by atoms with Crippen molar-refractivity contribution in [3.8, 4) is 0 Å². The SMILES string of the molecule is NCCN.Nc1nc(N)nc(N)n1.O=P(O)(O)O.O=P(O)(O)O. The molecule has 1 aromatic rings. The number of aromatic nitrogens is 3. The van der Waals surface area contributed by atoms with Crippen LogP contribution in [0.15, 0.2) is 0 Å². The van der Waals surface area contributed by atoms with Crippen molar-refractivity contribution in [3.63, 3.8) is 0 Å². The summed E-state index contributed by atoms with van der Waals surface area (Å²) in [6.07, 6.45) is 0. The molecule has 1 aromatic heterocycles. The lowest BCUT2D eigenvalue weighted by Gasteiger charge is -1.93. The molecule has 23 heavy (non-hydrogen) atoms. The first-order valence-electron chi connectivity index (χ1n) is 5.09. The van der Waals surface area contributed by atoms with Crippen LogP contribution in [0.1, 0.15) is 0 Å². The lowest BCUT2D eigenvalue weighted by molar-refractivity contribution is 0.272. The number of rotatable bonds is 1. The van der Waals surface area contributed by atoms with Gasteiger partial charge in [0, 0.05) is 13.1 Å². The Morgan fingerprint density at radius 3 is 0.870 bits per heavy atom. The van der Waals surface area contributed by atoms with Crippen molar-refractivity contribution in [2.75, 3.05) is 30.3 Å². The summed E-state index contributed by atoms with van der Waals surface area (Å²) in [6.45, 7) is 1.19. The average molecular weight is 382 g/mol. The first kappa shape index (κ1) is 26.4. The summed E-state index contributed by atoms with van der Waals surface area (Å²) in [7, 11) is -9.28. The Labute approximate surface area is 129 Å². The summed E-state index contributed by atoms with van der Waals surface area (Å²) in [4.78, 5) is 53.6. The highest BCUT2D eigenvalue weighted by molar-refractivity contribution is 7.45. The minimum Gasteiger partial charge on any atom is -0.368 e. The molecule has 0 aliphatic heterocycles. The molecular weight excluding hydrogens is 362 g/mol. The molecule has 138 valence electrons. The number of nitrogens with two attached hydrogens (primary N) is 5. The summed E-state index contributed by atoms with van der Waals surface area (Å²) < 4.78 is 17.8. The zero-order valence-electron chi connectivity index (χ0n) is 11.5. The van der Waals surface area contributed by atoms with Crippen molar-refractivity contribution in [1.82, 2.24) is 15.0 Å². The Bertz CT molecular complexity index is 430. The zero-order valence-corrected chi connectivity index (χ0v) is 13.3. The van der Waals surface area contributed by atoms with Gasteiger partial charge in [0.15, 0.2) is 0 Å². The smallest absolute Gasteiger partial charge is 0.368 e. The van der Waals surface area contributed by atoms with Gasteiger partial charge in [-0.05, 0) is 0 Å². The van der Waals surface area contributed by atoms with Gasteiger partial charge in [0.25, 0.3) is 0 Å². The Kier molecular flexibility index (Phi) is 15.0. The maximum atomic E-state index is 8.88. The van der Waals surface area contributed by atoms with E-state index in [1.165, 1.54) is 0 Å². The van der Waals surface area contributed by atoms with E-state index >= 15 is 0 Å². The molecule has 0 aromatic carbocycles. The number of nitrogens with zero attached hydrogens (tertiary/aromatic N) is 3. The van der Waals surface area contributed by atoms with Crippen molar-refractivity contribution in [3.05, 3.63) is 0 Å². The van der Waals surface area contributed by atoms with Crippen molar-refractivity contribution < 1.29 is 38.5 Å². The van der Waals surface area contributed by atoms with Crippen molar-refractivity contribution in [2.24, 2.45) is 11.5 Å². The van der Waals surface area contributed by atoms with Crippen molar-refractivity contribution in [2.45, 2.75) is 0 Å². The van der Waals surface area contributed by atoms with E-state index in [-0.39, 0.29) is 17.8 Å². The Hall–Kier alpha value is -1.45. The Morgan fingerprint density at radius 1 is 0.652 bits per heavy atom. The van der Waals surface area contributed by atoms with Crippen molar-refractivity contribution >= 4 is 33.5 Å². The monoisotopic (exact) mass is 382 g/mol. The van der Waals surface area contributed by atoms with Gasteiger partial charge in [-0.3, -0.25) is 0 Å². The van der Waals surface area contributed by atoms with Crippen LogP contribution >= 0.6 is 15.6 Å². The highest BCUT2D eigenvalue weighted by atomic mass is 31.2. The second kappa shape index (κ2) is 13.0. The maximum Gasteiger partial charge on any atom is 0.466 e. The zero-order chi connectivity index (χ0) is 19.3. The van der Waals surface area contributed by atoms with Gasteiger partial charge >= 0.3 is 15.6 Å². The molecule has 0 atom stereocenters. The van der Waals surface area contributed by atoms with Gasteiger partial charge in [0.2, 0.25) is 17.8 Å². The predicted molar refractivity (Wildman–Crippen MR) is 79.7 cm³/mol. The third-order valence-corrected chi connectivity index (χ3v) is 0.854. The normalized spacial score (nSPS) is 10.1. The molecule has 0 saturated heterocycles. The molecule has 1 rings (SSSR count). The number of phosphoric acid groups is 2. The van der Waals surface area contributed by atoms with E-state index in [1.807, 2.05) is 0 Å². The molecule has 0 saturated carbocycles. The second-order valence-electron chi connectivity index (χ2n) is 3.01. The summed E-state index contributed by atoms with van der Waals surface area (Å²) in [5.74, 6) is 0.125. The van der Waals surface area contributed by atoms with Gasteiger partial charge in [0.1, 0.15) is 0 Å². The van der Waals surface area contributed by atoms with Crippen molar-refractivity contribution in [1.29, 1.82) is 0 Å². The fourth-order valence-electron chi connectivity index (χ4n) is 0.427. The third kappa shape index (κ3) is 53.0. The van der Waals surface area contributed by atoms with E-state index < -0.39 is 15.6 Å². The fourth-order valence-corrected chi connectivity index (χ4v) is 0.427. The van der Waals surface area contributed by atoms with Crippen LogP contribution in [0.4, 0.5) is 17.8 Å². The summed E-state index contributed by atoms with van der Waals surface area (Å²) in [5.41, 5.74) is 25.2. The van der Waals surface area contributed by atoms with Crippen LogP contribution in [-0.4, -0.2) is 57.4 Å². The third-order valence-electron chi connectivity index (χ3n) is 0.854. The number of anilines is 3. The van der Waals surface area contributed by atoms with Gasteiger partial charge in [-0.1, -0.05) is 0 Å². The van der Waals surface area contributed by atoms with Crippen LogP contribution in [0.2, 0.25) is 0 Å². The average Bonchev–Trinajstić information content (AvgIpc) is 2.22. The van der Waals surface area contributed by atoms with E-state index in [4.69, 9.17) is 67.2 Å². The van der Waals surface area contributed by atoms with Crippen LogP contribution in [0, 0.1) is 0 Å². The molecule has 18 heteroatoms. The van der Waals surface area contributed by atoms with Crippen LogP contribution in [-0.2, 0) is 9.13 Å². The minimum atomic E-state index is -4.64. The first-order valence-corrected chi connectivity index (χ1v) is 8.22. The highest BCUT2D eigenvalue weighted by Gasteiger charge is 2.00. The largest absolute Gasteiger partial charge is 0.466 e. The summed E-state index contributed by atoms with van der Waals surface area (Å²) in [6, 6.07) is 0. The topological polar surface area (TPSA) is 324 Å². The molecule has 0 aliphatic carbocycles. The minimum absolute atomic E-state index is 0.0417. The lowest BCUT2D eigenvalue weighted by Crippen LogP contribution is -2.11. The first-order chi connectivity index (χ1) is 10.1. The predicted octanol–water partition coefficient (Wildman–Crippen LogP) is -4.34. The molecule has 0 aliphatic rings. The van der Waals surface area contributed by atoms with E-state index in [0.29, 0.717) is 13.1 Å². The van der Waals surface area contributed by atoms with Crippen LogP contribution in [0.25, 0.3) is 0 Å². The highest BCUT2D eigenvalue weighted by Crippen LogP contribution is 2.26. The Morgan fingerprint density at radius 2 is 0.783 bits per heavy atom. The molecule has 16 N–H and O–H groups in total. The fraction of sp³-hybridized carbons (Fsp3) is 0.400. The van der Waals surface area contributed by atoms with Crippen LogP contribution < -0.4 is 28.7 Å². The van der Waals surface area contributed by atoms with E-state index in [1.54, 1.807) is 0 Å². The van der Waals surface area contributed by atoms with E-state index in [0.717, 1.165) is 0 Å². The molecule has 0 bridgehead atoms. The van der Waals surface area contributed by atoms with E-state index in [9.17, 15) is 0 Å². The van der Waals surface area contributed by atoms with E-state index in [2.05, 4.69) is 15.0 Å². The van der Waals surface area contributed by atoms with Gasteiger partial charge in [-0.2, -0.15) is 15.0 Å². The van der Waals surface area contributed by atoms with Gasteiger partial charge in [0.05, 0.1) is 0 Å². The molecule has 0 radical (unpaired) electrons. The molecule has 0 spiro atoms. The number of hydrogen-bond acceptors (Lipinski definition) is 10. The molecule has 16 nitrogen and oxygen atoms in total. The van der Waals surface area contributed by atoms with Gasteiger partial charge in [-0.25, -0.2) is 9.13 Å². The number of nitrogen functional groups attached to an aromatic ring is 3. The Balaban J connectivity index is -0.000000249. The lowest BCUT2D eigenvalue weighted by atomic mass is 10.7. The van der Waals surface area contributed by atoms with Crippen LogP contribution in [0.3, 0.4) is 0 Å². The molecule has 0 fully saturated rings. The maximum absolute atomic E-state index is 8.88. The summed E-state index contributed by atoms with van der Waals surface area (Å²) in [5, 5.41) is 0. The molecular formula is C5H20N8O8P2. The number of hydrogen-bond donors (Lipinski definition) is 11. The molecule has 0 amide bonds. The second-order valence-corrected chi connectivity index (χ2v) is 5.07. The van der Waals surface area contributed by atoms with Gasteiger partial charge < -0.3 is 58.0 Å². The molecule has 1 heterocycles. The van der Waals surface area contributed by atoms with Crippen LogP contribution in [0.5, 0.6) is 0 Å². The quantitative estimate of drug-likeness (QED) is 0.204.